The molecule has 1 atom stereocenters. The largest absolute Gasteiger partial charge is 0.486 e. The minimum atomic E-state index is -0.315. The third-order valence-electron chi connectivity index (χ3n) is 4.39. The Hall–Kier alpha value is -3.22. The summed E-state index contributed by atoms with van der Waals surface area (Å²) in [5.41, 5.74) is 1.14. The molecule has 140 valence electrons. The summed E-state index contributed by atoms with van der Waals surface area (Å²) in [6, 6.07) is 10.6. The van der Waals surface area contributed by atoms with E-state index < -0.39 is 0 Å². The van der Waals surface area contributed by atoms with Gasteiger partial charge >= 0.3 is 0 Å². The Balaban J connectivity index is 1.54. The Morgan fingerprint density at radius 1 is 1.07 bits per heavy atom. The monoisotopic (exact) mass is 368 g/mol. The summed E-state index contributed by atoms with van der Waals surface area (Å²) in [6.07, 6.45) is 1.54. The first-order chi connectivity index (χ1) is 13.1. The number of ether oxygens (including phenoxy) is 2. The maximum absolute atomic E-state index is 12.7. The van der Waals surface area contributed by atoms with E-state index in [0.717, 1.165) is 11.3 Å². The Morgan fingerprint density at radius 2 is 1.89 bits per heavy atom. The fraction of sp³-hybridized carbons (Fsp3) is 0.300. The molecular weight excluding hydrogens is 348 g/mol. The first-order valence-corrected chi connectivity index (χ1v) is 8.83. The fourth-order valence-corrected chi connectivity index (χ4v) is 3.02. The molecule has 0 radical (unpaired) electrons. The molecule has 27 heavy (non-hydrogen) atoms. The number of amides is 1. The topological polar surface area (TPSA) is 86.7 Å². The van der Waals surface area contributed by atoms with Crippen molar-refractivity contribution in [3.63, 3.8) is 0 Å². The van der Waals surface area contributed by atoms with Crippen molar-refractivity contribution >= 4 is 5.91 Å². The van der Waals surface area contributed by atoms with E-state index in [1.807, 2.05) is 32.0 Å². The molecule has 3 heterocycles. The molecule has 1 aliphatic rings. The number of furan rings is 1. The van der Waals surface area contributed by atoms with Crippen molar-refractivity contribution in [2.45, 2.75) is 19.9 Å². The number of carbonyl (C=O) groups excluding carboxylic acids is 1. The van der Waals surface area contributed by atoms with Crippen molar-refractivity contribution < 1.29 is 23.2 Å². The van der Waals surface area contributed by atoms with E-state index in [4.69, 9.17) is 18.4 Å². The molecule has 1 N–H and O–H groups in total. The van der Waals surface area contributed by atoms with Gasteiger partial charge in [-0.1, -0.05) is 25.1 Å². The van der Waals surface area contributed by atoms with Crippen LogP contribution in [0.1, 0.15) is 35.9 Å². The molecule has 1 aromatic carbocycles. The van der Waals surface area contributed by atoms with E-state index in [1.54, 1.807) is 18.2 Å². The van der Waals surface area contributed by atoms with Crippen molar-refractivity contribution in [3.05, 3.63) is 53.9 Å². The van der Waals surface area contributed by atoms with Crippen LogP contribution in [0.4, 0.5) is 0 Å². The van der Waals surface area contributed by atoms with E-state index in [2.05, 4.69) is 10.5 Å². The molecule has 7 nitrogen and oxygen atoms in total. The van der Waals surface area contributed by atoms with Crippen LogP contribution in [-0.2, 0) is 0 Å². The minimum Gasteiger partial charge on any atom is -0.486 e. The van der Waals surface area contributed by atoms with Gasteiger partial charge in [-0.25, -0.2) is 0 Å². The summed E-state index contributed by atoms with van der Waals surface area (Å²) in [7, 11) is 0. The number of hydrogen-bond donors (Lipinski definition) is 1. The number of rotatable bonds is 5. The first-order valence-electron chi connectivity index (χ1n) is 8.83. The van der Waals surface area contributed by atoms with Crippen LogP contribution in [0.15, 0.2) is 51.6 Å². The van der Waals surface area contributed by atoms with Crippen molar-refractivity contribution in [2.75, 3.05) is 13.2 Å². The van der Waals surface area contributed by atoms with Crippen molar-refractivity contribution in [3.8, 4) is 23.0 Å². The number of benzene rings is 1. The molecule has 0 bridgehead atoms. The smallest absolute Gasteiger partial charge is 0.273 e. The summed E-state index contributed by atoms with van der Waals surface area (Å²) in [4.78, 5) is 12.7. The third-order valence-corrected chi connectivity index (χ3v) is 4.39. The normalized spacial score (nSPS) is 14.2. The maximum Gasteiger partial charge on any atom is 0.273 e. The van der Waals surface area contributed by atoms with Crippen molar-refractivity contribution in [1.82, 2.24) is 10.5 Å². The summed E-state index contributed by atoms with van der Waals surface area (Å²) in [5.74, 6) is 2.19. The van der Waals surface area contributed by atoms with Gasteiger partial charge in [-0.3, -0.25) is 4.79 Å². The average molecular weight is 368 g/mol. The molecule has 7 heteroatoms. The van der Waals surface area contributed by atoms with Gasteiger partial charge in [0.1, 0.15) is 13.2 Å². The van der Waals surface area contributed by atoms with Gasteiger partial charge in [0.05, 0.1) is 12.3 Å². The van der Waals surface area contributed by atoms with Crippen molar-refractivity contribution in [1.29, 1.82) is 0 Å². The van der Waals surface area contributed by atoms with Crippen LogP contribution in [-0.4, -0.2) is 24.3 Å². The fourth-order valence-electron chi connectivity index (χ4n) is 3.02. The van der Waals surface area contributed by atoms with E-state index in [1.165, 1.54) is 6.26 Å². The van der Waals surface area contributed by atoms with Gasteiger partial charge in [0, 0.05) is 6.07 Å². The van der Waals surface area contributed by atoms with Gasteiger partial charge < -0.3 is 23.7 Å². The number of nitrogens with one attached hydrogen (secondary N) is 1. The second-order valence-corrected chi connectivity index (χ2v) is 6.65. The van der Waals surface area contributed by atoms with Gasteiger partial charge in [-0.2, -0.15) is 0 Å². The third kappa shape index (κ3) is 3.53. The average Bonchev–Trinajstić information content (AvgIpc) is 3.36. The quantitative estimate of drug-likeness (QED) is 0.736. The van der Waals surface area contributed by atoms with Crippen LogP contribution in [0.2, 0.25) is 0 Å². The van der Waals surface area contributed by atoms with Crippen LogP contribution in [0.5, 0.6) is 11.5 Å². The Labute approximate surface area is 156 Å². The van der Waals surface area contributed by atoms with Crippen LogP contribution in [0.25, 0.3) is 11.5 Å². The summed E-state index contributed by atoms with van der Waals surface area (Å²) in [5, 5.41) is 6.88. The Kier molecular flexibility index (Phi) is 4.58. The van der Waals surface area contributed by atoms with Gasteiger partial charge in [-0.15, -0.1) is 0 Å². The Morgan fingerprint density at radius 3 is 2.63 bits per heavy atom. The maximum atomic E-state index is 12.7. The minimum absolute atomic E-state index is 0.160. The van der Waals surface area contributed by atoms with Crippen LogP contribution < -0.4 is 14.8 Å². The predicted octanol–water partition coefficient (Wildman–Crippen LogP) is 3.83. The molecule has 0 spiro atoms. The lowest BCUT2D eigenvalue weighted by atomic mass is 9.95. The summed E-state index contributed by atoms with van der Waals surface area (Å²) in [6.45, 7) is 5.14. The molecule has 0 saturated carbocycles. The number of aromatic nitrogens is 1. The second-order valence-electron chi connectivity index (χ2n) is 6.65. The molecule has 0 saturated heterocycles. The number of hydrogen-bond acceptors (Lipinski definition) is 6. The summed E-state index contributed by atoms with van der Waals surface area (Å²) >= 11 is 0. The number of carbonyl (C=O) groups is 1. The molecule has 1 unspecified atom stereocenters. The Bertz CT molecular complexity index is 930. The van der Waals surface area contributed by atoms with Crippen LogP contribution >= 0.6 is 0 Å². The van der Waals surface area contributed by atoms with E-state index in [0.29, 0.717) is 30.5 Å². The molecule has 3 aromatic rings. The molecule has 1 aliphatic heterocycles. The highest BCUT2D eigenvalue weighted by atomic mass is 16.6. The zero-order chi connectivity index (χ0) is 18.8. The van der Waals surface area contributed by atoms with E-state index in [9.17, 15) is 4.79 Å². The van der Waals surface area contributed by atoms with Gasteiger partial charge in [0.2, 0.25) is 5.76 Å². The molecule has 4 rings (SSSR count). The van der Waals surface area contributed by atoms with E-state index >= 15 is 0 Å². The lowest BCUT2D eigenvalue weighted by molar-refractivity contribution is 0.0916. The number of nitrogens with zero attached hydrogens (tertiary/aromatic N) is 1. The molecule has 0 aliphatic carbocycles. The zero-order valence-corrected chi connectivity index (χ0v) is 15.1. The van der Waals surface area contributed by atoms with Crippen LogP contribution in [0.3, 0.4) is 0 Å². The second kappa shape index (κ2) is 7.19. The van der Waals surface area contributed by atoms with Gasteiger partial charge in [-0.05, 0) is 35.7 Å². The molecule has 2 aromatic heterocycles. The zero-order valence-electron chi connectivity index (χ0n) is 15.1. The first kappa shape index (κ1) is 17.2. The van der Waals surface area contributed by atoms with Crippen LogP contribution in [0, 0.1) is 5.92 Å². The van der Waals surface area contributed by atoms with Gasteiger partial charge in [0.25, 0.3) is 5.91 Å². The highest BCUT2D eigenvalue weighted by Gasteiger charge is 2.24. The molecule has 1 amide bonds. The number of fused-ring (bicyclic) bond motifs is 1. The highest BCUT2D eigenvalue weighted by Crippen LogP contribution is 2.34. The lowest BCUT2D eigenvalue weighted by Gasteiger charge is -2.25. The molecule has 0 fully saturated rings. The standard InChI is InChI=1S/C20H20N2O5/c1-12(2)19(13-5-6-16-17(10-13)26-9-8-25-16)21-20(23)14-11-18(27-22-14)15-4-3-7-24-15/h3-7,10-12,19H,8-9H2,1-2H3,(H,21,23). The van der Waals surface area contributed by atoms with Crippen molar-refractivity contribution in [2.24, 2.45) is 5.92 Å². The van der Waals surface area contributed by atoms with Gasteiger partial charge in [0.15, 0.2) is 23.0 Å². The lowest BCUT2D eigenvalue weighted by Crippen LogP contribution is -2.32. The molecular formula is C20H20N2O5. The van der Waals surface area contributed by atoms with E-state index in [-0.39, 0.29) is 23.6 Å². The SMILES string of the molecule is CC(C)C(NC(=O)c1cc(-c2ccco2)on1)c1ccc2c(c1)OCCO2. The summed E-state index contributed by atoms with van der Waals surface area (Å²) < 4.78 is 21.7. The predicted molar refractivity (Wildman–Crippen MR) is 96.7 cm³/mol. The highest BCUT2D eigenvalue weighted by molar-refractivity contribution is 5.93.